The molecule has 132 valence electrons. The Labute approximate surface area is 147 Å². The van der Waals surface area contributed by atoms with E-state index in [1.165, 1.54) is 4.90 Å². The van der Waals surface area contributed by atoms with Gasteiger partial charge in [0.05, 0.1) is 18.4 Å². The van der Waals surface area contributed by atoms with Crippen LogP contribution in [0, 0.1) is 0 Å². The molecule has 0 aliphatic heterocycles. The van der Waals surface area contributed by atoms with Gasteiger partial charge in [-0.3, -0.25) is 9.59 Å². The van der Waals surface area contributed by atoms with E-state index < -0.39 is 5.97 Å². The Bertz CT molecular complexity index is 728. The Hall–Kier alpha value is -3.02. The van der Waals surface area contributed by atoms with Gasteiger partial charge in [-0.15, -0.1) is 0 Å². The number of rotatable bonds is 8. The summed E-state index contributed by atoms with van der Waals surface area (Å²) < 4.78 is 5.13. The number of amides is 1. The smallest absolute Gasteiger partial charge is 0.323 e. The van der Waals surface area contributed by atoms with Crippen LogP contribution in [0.25, 0.3) is 0 Å². The zero-order valence-corrected chi connectivity index (χ0v) is 14.4. The third kappa shape index (κ3) is 4.97. The van der Waals surface area contributed by atoms with Crippen LogP contribution in [0.15, 0.2) is 48.5 Å². The number of nitrogens with one attached hydrogen (secondary N) is 1. The van der Waals surface area contributed by atoms with Crippen LogP contribution in [0.4, 0.5) is 11.4 Å². The summed E-state index contributed by atoms with van der Waals surface area (Å²) in [5.41, 5.74) is 1.87. The molecule has 0 saturated carbocycles. The number of carbonyl (C=O) groups is 2. The molecule has 0 radical (unpaired) electrons. The Morgan fingerprint density at radius 2 is 1.80 bits per heavy atom. The van der Waals surface area contributed by atoms with Crippen molar-refractivity contribution in [1.29, 1.82) is 0 Å². The van der Waals surface area contributed by atoms with Gasteiger partial charge < -0.3 is 20.1 Å². The van der Waals surface area contributed by atoms with Crippen LogP contribution >= 0.6 is 0 Å². The molecular formula is C19H22N2O4. The number of hydrogen-bond acceptors (Lipinski definition) is 4. The van der Waals surface area contributed by atoms with Crippen molar-refractivity contribution in [2.45, 2.75) is 13.3 Å². The first-order valence-corrected chi connectivity index (χ1v) is 8.06. The molecule has 6 nitrogen and oxygen atoms in total. The van der Waals surface area contributed by atoms with E-state index >= 15 is 0 Å². The van der Waals surface area contributed by atoms with Crippen molar-refractivity contribution in [1.82, 2.24) is 4.90 Å². The highest BCUT2D eigenvalue weighted by atomic mass is 16.5. The lowest BCUT2D eigenvalue weighted by molar-refractivity contribution is -0.137. The van der Waals surface area contributed by atoms with Crippen molar-refractivity contribution < 1.29 is 19.4 Å². The van der Waals surface area contributed by atoms with Gasteiger partial charge in [-0.25, -0.2) is 0 Å². The van der Waals surface area contributed by atoms with Crippen LogP contribution in [0.1, 0.15) is 23.7 Å². The Balaban J connectivity index is 2.25. The minimum atomic E-state index is -1.03. The predicted molar refractivity (Wildman–Crippen MR) is 96.5 cm³/mol. The van der Waals surface area contributed by atoms with E-state index in [0.29, 0.717) is 24.2 Å². The number of carboxylic acids is 1. The number of hydrogen-bond donors (Lipinski definition) is 2. The first-order chi connectivity index (χ1) is 12.0. The van der Waals surface area contributed by atoms with E-state index in [4.69, 9.17) is 9.84 Å². The molecule has 0 heterocycles. The van der Waals surface area contributed by atoms with E-state index in [-0.39, 0.29) is 12.5 Å². The summed E-state index contributed by atoms with van der Waals surface area (Å²) in [5.74, 6) is -0.589. The topological polar surface area (TPSA) is 78.9 Å². The molecule has 0 saturated heterocycles. The van der Waals surface area contributed by atoms with Gasteiger partial charge >= 0.3 is 5.97 Å². The van der Waals surface area contributed by atoms with E-state index in [9.17, 15) is 9.59 Å². The second kappa shape index (κ2) is 8.73. The number of anilines is 2. The molecule has 0 spiro atoms. The molecule has 2 aromatic rings. The SMILES string of the molecule is CCCN(CC(=O)O)C(=O)c1ccccc1Nc1ccc(OC)cc1. The molecule has 0 fully saturated rings. The standard InChI is InChI=1S/C19H22N2O4/c1-3-12-21(13-18(22)23)19(24)16-6-4-5-7-17(16)20-14-8-10-15(25-2)11-9-14/h4-11,20H,3,12-13H2,1-2H3,(H,22,23). The molecule has 0 bridgehead atoms. The Kier molecular flexibility index (Phi) is 6.39. The summed E-state index contributed by atoms with van der Waals surface area (Å²) in [5, 5.41) is 12.2. The van der Waals surface area contributed by atoms with Crippen LogP contribution in [-0.4, -0.2) is 42.1 Å². The Morgan fingerprint density at radius 3 is 2.40 bits per heavy atom. The number of carboxylic acid groups (broad SMARTS) is 1. The summed E-state index contributed by atoms with van der Waals surface area (Å²) >= 11 is 0. The summed E-state index contributed by atoms with van der Waals surface area (Å²) in [6.07, 6.45) is 0.688. The van der Waals surface area contributed by atoms with E-state index in [1.807, 2.05) is 37.3 Å². The largest absolute Gasteiger partial charge is 0.497 e. The summed E-state index contributed by atoms with van der Waals surface area (Å²) in [6, 6.07) is 14.4. The van der Waals surface area contributed by atoms with Crippen molar-refractivity contribution in [3.05, 3.63) is 54.1 Å². The molecule has 0 aliphatic carbocycles. The molecule has 1 amide bonds. The maximum Gasteiger partial charge on any atom is 0.323 e. The van der Waals surface area contributed by atoms with Gasteiger partial charge in [-0.1, -0.05) is 19.1 Å². The first kappa shape index (κ1) is 18.3. The molecule has 6 heteroatoms. The minimum absolute atomic E-state index is 0.305. The maximum atomic E-state index is 12.8. The molecule has 0 aromatic heterocycles. The fourth-order valence-electron chi connectivity index (χ4n) is 2.46. The number of carbonyl (C=O) groups excluding carboxylic acids is 1. The quantitative estimate of drug-likeness (QED) is 0.769. The van der Waals surface area contributed by atoms with Crippen LogP contribution in [0.2, 0.25) is 0 Å². The van der Waals surface area contributed by atoms with Crippen molar-refractivity contribution in [2.24, 2.45) is 0 Å². The summed E-state index contributed by atoms with van der Waals surface area (Å²) in [7, 11) is 1.60. The van der Waals surface area contributed by atoms with E-state index in [0.717, 1.165) is 11.4 Å². The second-order valence-corrected chi connectivity index (χ2v) is 5.52. The van der Waals surface area contributed by atoms with Crippen LogP contribution in [0.3, 0.4) is 0 Å². The number of ether oxygens (including phenoxy) is 1. The van der Waals surface area contributed by atoms with Gasteiger partial charge in [0, 0.05) is 12.2 Å². The number of benzene rings is 2. The summed E-state index contributed by atoms with van der Waals surface area (Å²) in [4.78, 5) is 25.2. The number of para-hydroxylation sites is 1. The molecule has 2 N–H and O–H groups in total. The van der Waals surface area contributed by atoms with Crippen LogP contribution in [0.5, 0.6) is 5.75 Å². The van der Waals surface area contributed by atoms with E-state index in [2.05, 4.69) is 5.32 Å². The highest BCUT2D eigenvalue weighted by molar-refractivity contribution is 6.01. The highest BCUT2D eigenvalue weighted by Gasteiger charge is 2.20. The average Bonchev–Trinajstić information content (AvgIpc) is 2.61. The van der Waals surface area contributed by atoms with Gasteiger partial charge in [-0.05, 0) is 42.8 Å². The van der Waals surface area contributed by atoms with Crippen molar-refractivity contribution in [3.63, 3.8) is 0 Å². The fourth-order valence-corrected chi connectivity index (χ4v) is 2.46. The molecule has 0 aliphatic rings. The first-order valence-electron chi connectivity index (χ1n) is 8.06. The van der Waals surface area contributed by atoms with E-state index in [1.54, 1.807) is 25.3 Å². The normalized spacial score (nSPS) is 10.2. The second-order valence-electron chi connectivity index (χ2n) is 5.52. The molecule has 2 rings (SSSR count). The third-order valence-electron chi connectivity index (χ3n) is 3.63. The molecule has 0 atom stereocenters. The highest BCUT2D eigenvalue weighted by Crippen LogP contribution is 2.24. The van der Waals surface area contributed by atoms with Gasteiger partial charge in [0.25, 0.3) is 5.91 Å². The molecule has 0 unspecified atom stereocenters. The monoisotopic (exact) mass is 342 g/mol. The molecular weight excluding hydrogens is 320 g/mol. The van der Waals surface area contributed by atoms with Gasteiger partial charge in [0.2, 0.25) is 0 Å². The third-order valence-corrected chi connectivity index (χ3v) is 3.63. The van der Waals surface area contributed by atoms with Crippen molar-refractivity contribution >= 4 is 23.3 Å². The van der Waals surface area contributed by atoms with Crippen molar-refractivity contribution in [3.8, 4) is 5.75 Å². The van der Waals surface area contributed by atoms with Gasteiger partial charge in [0.15, 0.2) is 0 Å². The fraction of sp³-hybridized carbons (Fsp3) is 0.263. The van der Waals surface area contributed by atoms with Gasteiger partial charge in [0.1, 0.15) is 12.3 Å². The zero-order valence-electron chi connectivity index (χ0n) is 14.4. The lowest BCUT2D eigenvalue weighted by Gasteiger charge is -2.22. The molecule has 25 heavy (non-hydrogen) atoms. The number of aliphatic carboxylic acids is 1. The maximum absolute atomic E-state index is 12.8. The minimum Gasteiger partial charge on any atom is -0.497 e. The zero-order chi connectivity index (χ0) is 18.2. The van der Waals surface area contributed by atoms with Gasteiger partial charge in [-0.2, -0.15) is 0 Å². The van der Waals surface area contributed by atoms with Crippen molar-refractivity contribution in [2.75, 3.05) is 25.5 Å². The molecule has 2 aromatic carbocycles. The Morgan fingerprint density at radius 1 is 1.12 bits per heavy atom. The van der Waals surface area contributed by atoms with Crippen LogP contribution in [-0.2, 0) is 4.79 Å². The predicted octanol–water partition coefficient (Wildman–Crippen LogP) is 3.38. The van der Waals surface area contributed by atoms with Crippen LogP contribution < -0.4 is 10.1 Å². The lowest BCUT2D eigenvalue weighted by Crippen LogP contribution is -2.36. The number of methoxy groups -OCH3 is 1. The average molecular weight is 342 g/mol. The number of nitrogens with zero attached hydrogens (tertiary/aromatic N) is 1. The lowest BCUT2D eigenvalue weighted by atomic mass is 10.1. The summed E-state index contributed by atoms with van der Waals surface area (Å²) in [6.45, 7) is 1.98.